The molecule has 2 heterocycles. The van der Waals surface area contributed by atoms with Crippen LogP contribution in [0.5, 0.6) is 0 Å². The number of hydrogen-bond acceptors (Lipinski definition) is 4. The summed E-state index contributed by atoms with van der Waals surface area (Å²) in [6.45, 7) is 0.319. The van der Waals surface area contributed by atoms with E-state index in [1.54, 1.807) is 11.1 Å². The molecule has 58 valence electrons. The summed E-state index contributed by atoms with van der Waals surface area (Å²) in [7, 11) is 0. The molecule has 5 nitrogen and oxygen atoms in total. The third kappa shape index (κ3) is 0.857. The minimum Gasteiger partial charge on any atom is -0.495 e. The van der Waals surface area contributed by atoms with Crippen molar-refractivity contribution in [1.82, 2.24) is 9.96 Å². The van der Waals surface area contributed by atoms with Crippen LogP contribution in [-0.2, 0) is 0 Å². The Labute approximate surface area is 63.1 Å². The van der Waals surface area contributed by atoms with Crippen molar-refractivity contribution < 1.29 is 10.3 Å². The van der Waals surface area contributed by atoms with Crippen molar-refractivity contribution in [2.24, 2.45) is 4.99 Å². The third-order valence-electron chi connectivity index (χ3n) is 1.56. The highest BCUT2D eigenvalue weighted by molar-refractivity contribution is 5.78. The zero-order valence-electron chi connectivity index (χ0n) is 5.68. The molecule has 2 aliphatic rings. The van der Waals surface area contributed by atoms with Crippen molar-refractivity contribution >= 4 is 5.90 Å². The first-order valence-electron chi connectivity index (χ1n) is 3.16. The Morgan fingerprint density at radius 1 is 1.45 bits per heavy atom. The number of aliphatic imine (C=N–C) groups is 1. The average molecular weight is 153 g/mol. The minimum absolute atomic E-state index is 0.0497. The van der Waals surface area contributed by atoms with Gasteiger partial charge in [0, 0.05) is 6.20 Å². The van der Waals surface area contributed by atoms with Gasteiger partial charge in [-0.15, -0.1) is 0 Å². The number of rotatable bonds is 0. The van der Waals surface area contributed by atoms with Crippen molar-refractivity contribution in [2.45, 2.75) is 0 Å². The van der Waals surface area contributed by atoms with Gasteiger partial charge in [0.05, 0.1) is 12.4 Å². The summed E-state index contributed by atoms with van der Waals surface area (Å²) in [5.41, 5.74) is 0. The molecule has 0 saturated heterocycles. The van der Waals surface area contributed by atoms with Gasteiger partial charge in [-0.25, -0.2) is 10.1 Å². The summed E-state index contributed by atoms with van der Waals surface area (Å²) in [6, 6.07) is 0. The largest absolute Gasteiger partial charge is 0.495 e. The summed E-state index contributed by atoms with van der Waals surface area (Å²) in [5, 5.41) is 19.0. The molecule has 5 heteroatoms. The molecule has 0 aromatic heterocycles. The molecule has 11 heavy (non-hydrogen) atoms. The minimum atomic E-state index is 0.0497. The van der Waals surface area contributed by atoms with Crippen molar-refractivity contribution in [3.8, 4) is 0 Å². The average Bonchev–Trinajstić information content (AvgIpc) is 2.32. The molecule has 0 spiro atoms. The smallest absolute Gasteiger partial charge is 0.206 e. The molecule has 0 saturated carbocycles. The van der Waals surface area contributed by atoms with Crippen LogP contribution in [0.25, 0.3) is 0 Å². The fourth-order valence-electron chi connectivity index (χ4n) is 1.02. The summed E-state index contributed by atoms with van der Waals surface area (Å²) >= 11 is 0. The van der Waals surface area contributed by atoms with E-state index in [0.717, 1.165) is 5.06 Å². The molecule has 0 atom stereocenters. The van der Waals surface area contributed by atoms with E-state index in [1.807, 2.05) is 0 Å². The van der Waals surface area contributed by atoms with Crippen LogP contribution >= 0.6 is 0 Å². The molecule has 2 rings (SSSR count). The Kier molecular flexibility index (Phi) is 1.13. The lowest BCUT2D eigenvalue weighted by atomic mass is 10.5. The van der Waals surface area contributed by atoms with Gasteiger partial charge in [0.15, 0.2) is 5.82 Å². The number of hydrogen-bond donors (Lipinski definition) is 2. The van der Waals surface area contributed by atoms with Crippen LogP contribution in [0.3, 0.4) is 0 Å². The Bertz CT molecular complexity index is 269. The van der Waals surface area contributed by atoms with E-state index >= 15 is 0 Å². The van der Waals surface area contributed by atoms with Gasteiger partial charge >= 0.3 is 0 Å². The summed E-state index contributed by atoms with van der Waals surface area (Å²) in [6.07, 6.45) is 4.55. The van der Waals surface area contributed by atoms with E-state index in [-0.39, 0.29) is 5.90 Å². The summed E-state index contributed by atoms with van der Waals surface area (Å²) < 4.78 is 0. The van der Waals surface area contributed by atoms with Gasteiger partial charge in [0.25, 0.3) is 0 Å². The number of aliphatic hydroxyl groups is 1. The molecule has 0 amide bonds. The van der Waals surface area contributed by atoms with Crippen LogP contribution in [0, 0.1) is 0 Å². The first-order valence-corrected chi connectivity index (χ1v) is 3.16. The van der Waals surface area contributed by atoms with E-state index in [1.165, 1.54) is 12.4 Å². The number of aliphatic hydroxyl groups excluding tert-OH is 1. The van der Waals surface area contributed by atoms with E-state index < -0.39 is 0 Å². The molecule has 0 aromatic rings. The fraction of sp³-hybridized carbons (Fsp3) is 0.167. The predicted octanol–water partition coefficient (Wildman–Crippen LogP) is 0.233. The van der Waals surface area contributed by atoms with Crippen molar-refractivity contribution in [2.75, 3.05) is 6.54 Å². The lowest BCUT2D eigenvalue weighted by Crippen LogP contribution is -2.28. The van der Waals surface area contributed by atoms with E-state index in [9.17, 15) is 0 Å². The molecular formula is C6H7N3O2. The van der Waals surface area contributed by atoms with E-state index in [2.05, 4.69) is 4.99 Å². The lowest BCUT2D eigenvalue weighted by molar-refractivity contribution is -0.0136. The van der Waals surface area contributed by atoms with Crippen LogP contribution in [0.2, 0.25) is 0 Å². The molecule has 2 aliphatic heterocycles. The second-order valence-corrected chi connectivity index (χ2v) is 2.30. The highest BCUT2D eigenvalue weighted by atomic mass is 16.5. The van der Waals surface area contributed by atoms with Gasteiger partial charge < -0.3 is 10.0 Å². The van der Waals surface area contributed by atoms with Crippen LogP contribution in [0.15, 0.2) is 29.4 Å². The van der Waals surface area contributed by atoms with Gasteiger partial charge in [-0.1, -0.05) is 0 Å². The maximum atomic E-state index is 9.10. The monoisotopic (exact) mass is 153 g/mol. The quantitative estimate of drug-likeness (QED) is 0.523. The maximum absolute atomic E-state index is 9.10. The fourth-order valence-corrected chi connectivity index (χ4v) is 1.02. The number of nitrogens with zero attached hydrogens (tertiary/aromatic N) is 3. The normalized spacial score (nSPS) is 21.5. The highest BCUT2D eigenvalue weighted by Crippen LogP contribution is 2.19. The van der Waals surface area contributed by atoms with Crippen molar-refractivity contribution in [1.29, 1.82) is 0 Å². The molecule has 0 aromatic carbocycles. The molecule has 0 radical (unpaired) electrons. The molecular weight excluding hydrogens is 146 g/mol. The highest BCUT2D eigenvalue weighted by Gasteiger charge is 2.22. The second-order valence-electron chi connectivity index (χ2n) is 2.30. The van der Waals surface area contributed by atoms with Gasteiger partial charge in [0.2, 0.25) is 5.90 Å². The Balaban J connectivity index is 2.31. The van der Waals surface area contributed by atoms with Crippen LogP contribution < -0.4 is 0 Å². The zero-order valence-corrected chi connectivity index (χ0v) is 5.68. The predicted molar refractivity (Wildman–Crippen MR) is 37.6 cm³/mol. The molecule has 0 fully saturated rings. The van der Waals surface area contributed by atoms with Crippen molar-refractivity contribution in [3.05, 3.63) is 24.4 Å². The van der Waals surface area contributed by atoms with Gasteiger partial charge in [-0.3, -0.25) is 5.21 Å². The SMILES string of the molecule is OC1=NC=C2N(O)C=CN2C1. The van der Waals surface area contributed by atoms with E-state index in [0.29, 0.717) is 12.4 Å². The molecule has 2 N–H and O–H groups in total. The number of fused-ring (bicyclic) bond motifs is 1. The first kappa shape index (κ1) is 6.23. The van der Waals surface area contributed by atoms with Gasteiger partial charge in [-0.05, 0) is 0 Å². The van der Waals surface area contributed by atoms with Gasteiger partial charge in [-0.2, -0.15) is 0 Å². The lowest BCUT2D eigenvalue weighted by Gasteiger charge is -2.21. The number of hydroxylamine groups is 2. The Hall–Kier alpha value is -1.49. The summed E-state index contributed by atoms with van der Waals surface area (Å²) in [5.74, 6) is 0.608. The first-order chi connectivity index (χ1) is 5.27. The maximum Gasteiger partial charge on any atom is 0.206 e. The van der Waals surface area contributed by atoms with Crippen LogP contribution in [-0.4, -0.2) is 32.7 Å². The zero-order chi connectivity index (χ0) is 7.84. The van der Waals surface area contributed by atoms with Gasteiger partial charge in [0.1, 0.15) is 6.54 Å². The van der Waals surface area contributed by atoms with Crippen LogP contribution in [0.4, 0.5) is 0 Å². The van der Waals surface area contributed by atoms with Crippen LogP contribution in [0.1, 0.15) is 0 Å². The Morgan fingerprint density at radius 2 is 2.27 bits per heavy atom. The standard InChI is InChI=1S/C6H7N3O2/c10-5-4-8-1-2-9(11)6(8)3-7-5/h1-3,11H,4H2,(H,7,10). The van der Waals surface area contributed by atoms with Crippen molar-refractivity contribution in [3.63, 3.8) is 0 Å². The molecule has 0 unspecified atom stereocenters. The summed E-state index contributed by atoms with van der Waals surface area (Å²) in [4.78, 5) is 5.33. The molecule has 0 aliphatic carbocycles. The molecule has 0 bridgehead atoms. The topological polar surface area (TPSA) is 59.3 Å². The Morgan fingerprint density at radius 3 is 3.09 bits per heavy atom. The third-order valence-corrected chi connectivity index (χ3v) is 1.56. The second kappa shape index (κ2) is 2.00. The van der Waals surface area contributed by atoms with E-state index in [4.69, 9.17) is 10.3 Å².